The third kappa shape index (κ3) is 2.11. The predicted molar refractivity (Wildman–Crippen MR) is 84.7 cm³/mol. The Bertz CT molecular complexity index is 930. The van der Waals surface area contributed by atoms with E-state index in [4.69, 9.17) is 0 Å². The van der Waals surface area contributed by atoms with Gasteiger partial charge in [-0.3, -0.25) is 4.79 Å². The van der Waals surface area contributed by atoms with Gasteiger partial charge in [-0.05, 0) is 18.2 Å². The van der Waals surface area contributed by atoms with Crippen molar-refractivity contribution in [3.05, 3.63) is 78.4 Å². The number of hydrogen-bond donors (Lipinski definition) is 0. The highest BCUT2D eigenvalue weighted by atomic mass is 16.1. The Morgan fingerprint density at radius 2 is 1.41 bits per heavy atom. The number of carbonyl (C=O) groups is 1. The summed E-state index contributed by atoms with van der Waals surface area (Å²) in [5.41, 5.74) is 1.89. The molecule has 0 aliphatic carbocycles. The van der Waals surface area contributed by atoms with Gasteiger partial charge in [0.05, 0.1) is 11.0 Å². The van der Waals surface area contributed by atoms with E-state index in [0.29, 0.717) is 5.69 Å². The van der Waals surface area contributed by atoms with Crippen LogP contribution in [0.25, 0.3) is 21.8 Å². The average molecular weight is 285 g/mol. The van der Waals surface area contributed by atoms with E-state index in [1.54, 1.807) is 12.3 Å². The van der Waals surface area contributed by atoms with Crippen molar-refractivity contribution in [2.45, 2.75) is 0 Å². The zero-order chi connectivity index (χ0) is 14.9. The van der Waals surface area contributed by atoms with Crippen molar-refractivity contribution in [3.63, 3.8) is 0 Å². The van der Waals surface area contributed by atoms with Crippen LogP contribution in [-0.2, 0) is 0 Å². The molecule has 0 aliphatic rings. The minimum absolute atomic E-state index is 0.168. The lowest BCUT2D eigenvalue weighted by atomic mass is 10.1. The van der Waals surface area contributed by atoms with E-state index in [1.807, 2.05) is 54.6 Å². The van der Waals surface area contributed by atoms with Crippen LogP contribution in [-0.4, -0.2) is 20.7 Å². The first-order valence-electron chi connectivity index (χ1n) is 6.93. The first-order valence-corrected chi connectivity index (χ1v) is 6.93. The van der Waals surface area contributed by atoms with Gasteiger partial charge in [0.15, 0.2) is 0 Å². The maximum absolute atomic E-state index is 12.5. The van der Waals surface area contributed by atoms with Crippen molar-refractivity contribution in [1.29, 1.82) is 0 Å². The molecular weight excluding hydrogens is 274 g/mol. The predicted octanol–water partition coefficient (Wildman–Crippen LogP) is 3.41. The normalized spacial score (nSPS) is 10.9. The number of rotatable bonds is 2. The van der Waals surface area contributed by atoms with E-state index in [2.05, 4.69) is 15.0 Å². The van der Waals surface area contributed by atoms with Crippen LogP contribution in [0, 0.1) is 0 Å². The highest BCUT2D eigenvalue weighted by Crippen LogP contribution is 2.15. The van der Waals surface area contributed by atoms with Gasteiger partial charge in [0.2, 0.25) is 11.6 Å². The highest BCUT2D eigenvalue weighted by Gasteiger charge is 2.14. The molecule has 4 rings (SSSR count). The molecule has 4 heteroatoms. The maximum atomic E-state index is 12.5. The number of pyridine rings is 1. The number of fused-ring (bicyclic) bond motifs is 2. The minimum atomic E-state index is -0.267. The number of benzene rings is 2. The van der Waals surface area contributed by atoms with E-state index in [1.165, 1.54) is 0 Å². The lowest BCUT2D eigenvalue weighted by molar-refractivity contribution is 0.102. The standard InChI is InChI=1S/C18H11N3O/c22-17(16-10-9-12-5-1-3-7-14(12)20-16)18-19-11-13-6-2-4-8-15(13)21-18/h1-11H. The molecule has 0 atom stereocenters. The first kappa shape index (κ1) is 12.6. The topological polar surface area (TPSA) is 55.7 Å². The van der Waals surface area contributed by atoms with Gasteiger partial charge in [0, 0.05) is 17.0 Å². The quantitative estimate of drug-likeness (QED) is 0.530. The van der Waals surface area contributed by atoms with Crippen molar-refractivity contribution >= 4 is 27.6 Å². The average Bonchev–Trinajstić information content (AvgIpc) is 2.60. The summed E-state index contributed by atoms with van der Waals surface area (Å²) >= 11 is 0. The van der Waals surface area contributed by atoms with E-state index in [9.17, 15) is 4.79 Å². The largest absolute Gasteiger partial charge is 0.283 e. The summed E-state index contributed by atoms with van der Waals surface area (Å²) in [4.78, 5) is 25.4. The molecule has 0 radical (unpaired) electrons. The maximum Gasteiger partial charge on any atom is 0.248 e. The molecule has 2 aromatic heterocycles. The molecule has 4 nitrogen and oxygen atoms in total. The Labute approximate surface area is 126 Å². The van der Waals surface area contributed by atoms with Crippen molar-refractivity contribution in [2.24, 2.45) is 0 Å². The summed E-state index contributed by atoms with van der Waals surface area (Å²) in [5, 5.41) is 1.91. The van der Waals surface area contributed by atoms with E-state index in [0.717, 1.165) is 21.8 Å². The number of aromatic nitrogens is 3. The summed E-state index contributed by atoms with van der Waals surface area (Å²) in [6.07, 6.45) is 1.66. The van der Waals surface area contributed by atoms with Gasteiger partial charge in [0.25, 0.3) is 0 Å². The van der Waals surface area contributed by atoms with Gasteiger partial charge in [-0.2, -0.15) is 0 Å². The Morgan fingerprint density at radius 3 is 2.23 bits per heavy atom. The summed E-state index contributed by atoms with van der Waals surface area (Å²) in [6, 6.07) is 18.9. The Morgan fingerprint density at radius 1 is 0.727 bits per heavy atom. The zero-order valence-electron chi connectivity index (χ0n) is 11.6. The van der Waals surface area contributed by atoms with Crippen molar-refractivity contribution in [2.75, 3.05) is 0 Å². The smallest absolute Gasteiger partial charge is 0.248 e. The van der Waals surface area contributed by atoms with Crippen LogP contribution in [0.1, 0.15) is 16.3 Å². The van der Waals surface area contributed by atoms with Crippen LogP contribution < -0.4 is 0 Å². The van der Waals surface area contributed by atoms with Crippen molar-refractivity contribution in [1.82, 2.24) is 15.0 Å². The van der Waals surface area contributed by atoms with E-state index >= 15 is 0 Å². The number of hydrogen-bond acceptors (Lipinski definition) is 4. The second kappa shape index (κ2) is 5.00. The molecule has 22 heavy (non-hydrogen) atoms. The molecule has 0 aliphatic heterocycles. The molecule has 0 spiro atoms. The Balaban J connectivity index is 1.80. The molecule has 0 N–H and O–H groups in total. The molecule has 0 unspecified atom stereocenters. The van der Waals surface area contributed by atoms with Crippen LogP contribution in [0.4, 0.5) is 0 Å². The van der Waals surface area contributed by atoms with Gasteiger partial charge in [0.1, 0.15) is 5.69 Å². The molecule has 0 amide bonds. The number of carbonyl (C=O) groups excluding carboxylic acids is 1. The van der Waals surface area contributed by atoms with E-state index in [-0.39, 0.29) is 11.6 Å². The summed E-state index contributed by atoms with van der Waals surface area (Å²) in [7, 11) is 0. The second-order valence-electron chi connectivity index (χ2n) is 4.97. The van der Waals surface area contributed by atoms with Gasteiger partial charge < -0.3 is 0 Å². The lowest BCUT2D eigenvalue weighted by Crippen LogP contribution is -2.09. The van der Waals surface area contributed by atoms with Crippen LogP contribution in [0.2, 0.25) is 0 Å². The number of nitrogens with zero attached hydrogens (tertiary/aromatic N) is 3. The van der Waals surface area contributed by atoms with Gasteiger partial charge in [-0.15, -0.1) is 0 Å². The Kier molecular flexibility index (Phi) is 2.86. The third-order valence-corrected chi connectivity index (χ3v) is 3.52. The zero-order valence-corrected chi connectivity index (χ0v) is 11.6. The molecule has 0 saturated heterocycles. The SMILES string of the molecule is O=C(c1ccc2ccccc2n1)c1ncc2ccccc2n1. The van der Waals surface area contributed by atoms with Crippen LogP contribution in [0.5, 0.6) is 0 Å². The number of ketones is 1. The third-order valence-electron chi connectivity index (χ3n) is 3.52. The molecule has 0 saturated carbocycles. The minimum Gasteiger partial charge on any atom is -0.283 e. The molecule has 2 heterocycles. The molecule has 0 bridgehead atoms. The lowest BCUT2D eigenvalue weighted by Gasteiger charge is -2.03. The van der Waals surface area contributed by atoms with Gasteiger partial charge >= 0.3 is 0 Å². The summed E-state index contributed by atoms with van der Waals surface area (Å²) in [5.74, 6) is -0.0991. The highest BCUT2D eigenvalue weighted by molar-refractivity contribution is 6.06. The number of para-hydroxylation sites is 2. The molecule has 4 aromatic rings. The fourth-order valence-electron chi connectivity index (χ4n) is 2.39. The van der Waals surface area contributed by atoms with Gasteiger partial charge in [-0.1, -0.05) is 42.5 Å². The summed E-state index contributed by atoms with van der Waals surface area (Å²) < 4.78 is 0. The summed E-state index contributed by atoms with van der Waals surface area (Å²) in [6.45, 7) is 0. The van der Waals surface area contributed by atoms with E-state index < -0.39 is 0 Å². The monoisotopic (exact) mass is 285 g/mol. The first-order chi connectivity index (χ1) is 10.8. The molecule has 2 aromatic carbocycles. The fourth-order valence-corrected chi connectivity index (χ4v) is 2.39. The van der Waals surface area contributed by atoms with Crippen LogP contribution in [0.3, 0.4) is 0 Å². The van der Waals surface area contributed by atoms with Crippen molar-refractivity contribution < 1.29 is 4.79 Å². The van der Waals surface area contributed by atoms with Gasteiger partial charge in [-0.25, -0.2) is 15.0 Å². The molecular formula is C18H11N3O. The van der Waals surface area contributed by atoms with Crippen molar-refractivity contribution in [3.8, 4) is 0 Å². The molecule has 0 fully saturated rings. The Hall–Kier alpha value is -3.14. The fraction of sp³-hybridized carbons (Fsp3) is 0. The van der Waals surface area contributed by atoms with Crippen LogP contribution >= 0.6 is 0 Å². The van der Waals surface area contributed by atoms with Crippen LogP contribution in [0.15, 0.2) is 66.9 Å². The molecule has 104 valence electrons. The second-order valence-corrected chi connectivity index (χ2v) is 4.97.